The lowest BCUT2D eigenvalue weighted by atomic mass is 10.0. The molecule has 0 bridgehead atoms. The molecule has 2 heterocycles. The van der Waals surface area contributed by atoms with Gasteiger partial charge in [-0.2, -0.15) is 0 Å². The van der Waals surface area contributed by atoms with Crippen LogP contribution in [0.25, 0.3) is 0 Å². The minimum absolute atomic E-state index is 0.396. The highest BCUT2D eigenvalue weighted by molar-refractivity contribution is 4.87. The van der Waals surface area contributed by atoms with E-state index in [1.165, 1.54) is 25.8 Å². The van der Waals surface area contributed by atoms with Crippen LogP contribution in [0, 0.1) is 0 Å². The smallest absolute Gasteiger partial charge is 0.0829 e. The number of hydrogen-bond donors (Lipinski definition) is 1. The highest BCUT2D eigenvalue weighted by Gasteiger charge is 2.29. The molecule has 112 valence electrons. The summed E-state index contributed by atoms with van der Waals surface area (Å²) < 4.78 is 5.94. The first kappa shape index (κ1) is 15.2. The van der Waals surface area contributed by atoms with Crippen LogP contribution in [0.4, 0.5) is 0 Å². The van der Waals surface area contributed by atoms with Crippen molar-refractivity contribution in [2.75, 3.05) is 46.4 Å². The summed E-state index contributed by atoms with van der Waals surface area (Å²) in [5.74, 6) is 0. The third kappa shape index (κ3) is 4.42. The lowest BCUT2D eigenvalue weighted by Gasteiger charge is -2.43. The van der Waals surface area contributed by atoms with Crippen molar-refractivity contribution in [3.8, 4) is 0 Å². The molecule has 0 aromatic carbocycles. The predicted octanol–water partition coefficient (Wildman–Crippen LogP) is 1.17. The molecule has 1 N–H and O–H groups in total. The van der Waals surface area contributed by atoms with E-state index in [2.05, 4.69) is 36.0 Å². The summed E-state index contributed by atoms with van der Waals surface area (Å²) in [5, 5.41) is 3.70. The fraction of sp³-hybridized carbons (Fsp3) is 1.00. The van der Waals surface area contributed by atoms with Gasteiger partial charge in [-0.1, -0.05) is 20.3 Å². The molecular weight excluding hydrogens is 238 g/mol. The molecule has 4 heteroatoms. The van der Waals surface area contributed by atoms with Gasteiger partial charge in [-0.3, -0.25) is 4.90 Å². The summed E-state index contributed by atoms with van der Waals surface area (Å²) in [6, 6.07) is 1.36. The first-order chi connectivity index (χ1) is 9.22. The number of hydrogen-bond acceptors (Lipinski definition) is 4. The number of likely N-dealkylation sites (N-methyl/N-ethyl adjacent to an activating group) is 1. The van der Waals surface area contributed by atoms with Gasteiger partial charge < -0.3 is 15.0 Å². The van der Waals surface area contributed by atoms with E-state index in [9.17, 15) is 0 Å². The molecule has 0 aromatic heterocycles. The van der Waals surface area contributed by atoms with Crippen molar-refractivity contribution in [1.82, 2.24) is 15.1 Å². The third-order valence-corrected chi connectivity index (χ3v) is 4.50. The normalized spacial score (nSPS) is 34.6. The highest BCUT2D eigenvalue weighted by Crippen LogP contribution is 2.15. The van der Waals surface area contributed by atoms with Gasteiger partial charge in [0.25, 0.3) is 0 Å². The van der Waals surface area contributed by atoms with E-state index in [4.69, 9.17) is 4.74 Å². The largest absolute Gasteiger partial charge is 0.374 e. The van der Waals surface area contributed by atoms with Crippen LogP contribution in [0.5, 0.6) is 0 Å². The Hall–Kier alpha value is -0.160. The molecule has 4 nitrogen and oxygen atoms in total. The van der Waals surface area contributed by atoms with Crippen molar-refractivity contribution in [1.29, 1.82) is 0 Å². The Balaban J connectivity index is 1.86. The molecule has 2 rings (SSSR count). The predicted molar refractivity (Wildman–Crippen MR) is 79.6 cm³/mol. The highest BCUT2D eigenvalue weighted by atomic mass is 16.5. The van der Waals surface area contributed by atoms with E-state index in [-0.39, 0.29) is 0 Å². The summed E-state index contributed by atoms with van der Waals surface area (Å²) in [7, 11) is 2.20. The van der Waals surface area contributed by atoms with Crippen LogP contribution in [0.2, 0.25) is 0 Å². The quantitative estimate of drug-likeness (QED) is 0.811. The Morgan fingerprint density at radius 3 is 2.79 bits per heavy atom. The molecule has 0 aromatic rings. The molecule has 3 unspecified atom stereocenters. The van der Waals surface area contributed by atoms with Crippen molar-refractivity contribution in [3.63, 3.8) is 0 Å². The Morgan fingerprint density at radius 2 is 2.11 bits per heavy atom. The molecule has 2 fully saturated rings. The lowest BCUT2D eigenvalue weighted by Crippen LogP contribution is -2.59. The van der Waals surface area contributed by atoms with Crippen LogP contribution in [-0.2, 0) is 4.74 Å². The fourth-order valence-electron chi connectivity index (χ4n) is 3.34. The SMILES string of the molecule is CCCC1CN(CC2CN(C)CCO2)C(CC)CN1. The van der Waals surface area contributed by atoms with Gasteiger partial charge in [0.1, 0.15) is 0 Å². The van der Waals surface area contributed by atoms with E-state index in [0.717, 1.165) is 32.8 Å². The van der Waals surface area contributed by atoms with Gasteiger partial charge in [0.15, 0.2) is 0 Å². The lowest BCUT2D eigenvalue weighted by molar-refractivity contribution is -0.0469. The zero-order valence-corrected chi connectivity index (χ0v) is 12.9. The van der Waals surface area contributed by atoms with Crippen molar-refractivity contribution in [3.05, 3.63) is 0 Å². The van der Waals surface area contributed by atoms with Gasteiger partial charge in [-0.05, 0) is 19.9 Å². The van der Waals surface area contributed by atoms with Gasteiger partial charge in [-0.25, -0.2) is 0 Å². The Bertz CT molecular complexity index is 262. The van der Waals surface area contributed by atoms with Crippen LogP contribution in [0.1, 0.15) is 33.1 Å². The van der Waals surface area contributed by atoms with Gasteiger partial charge in [0.2, 0.25) is 0 Å². The molecule has 19 heavy (non-hydrogen) atoms. The average Bonchev–Trinajstić information content (AvgIpc) is 2.39. The van der Waals surface area contributed by atoms with Crippen molar-refractivity contribution < 1.29 is 4.74 Å². The van der Waals surface area contributed by atoms with Crippen LogP contribution in [-0.4, -0.2) is 74.4 Å². The van der Waals surface area contributed by atoms with Crippen molar-refractivity contribution >= 4 is 0 Å². The Kier molecular flexibility index (Phi) is 6.07. The third-order valence-electron chi connectivity index (χ3n) is 4.50. The monoisotopic (exact) mass is 269 g/mol. The average molecular weight is 269 g/mol. The summed E-state index contributed by atoms with van der Waals surface area (Å²) in [6.45, 7) is 11.1. The number of piperazine rings is 1. The molecule has 2 saturated heterocycles. The maximum Gasteiger partial charge on any atom is 0.0829 e. The van der Waals surface area contributed by atoms with Crippen molar-refractivity contribution in [2.24, 2.45) is 0 Å². The second-order valence-corrected chi connectivity index (χ2v) is 6.16. The molecule has 2 aliphatic heterocycles. The molecular formula is C15H31N3O. The summed E-state index contributed by atoms with van der Waals surface area (Å²) >= 11 is 0. The van der Waals surface area contributed by atoms with E-state index in [1.54, 1.807) is 0 Å². The first-order valence-electron chi connectivity index (χ1n) is 8.00. The second-order valence-electron chi connectivity index (χ2n) is 6.16. The zero-order chi connectivity index (χ0) is 13.7. The standard InChI is InChI=1S/C15H31N3O/c1-4-6-13-10-18(14(5-2)9-16-13)12-15-11-17(3)7-8-19-15/h13-16H,4-12H2,1-3H3. The Morgan fingerprint density at radius 1 is 1.26 bits per heavy atom. The number of nitrogens with zero attached hydrogens (tertiary/aromatic N) is 2. The van der Waals surface area contributed by atoms with Gasteiger partial charge in [-0.15, -0.1) is 0 Å². The number of rotatable bonds is 5. The van der Waals surface area contributed by atoms with Crippen LogP contribution in [0.3, 0.4) is 0 Å². The van der Waals surface area contributed by atoms with Gasteiger partial charge in [0.05, 0.1) is 12.7 Å². The van der Waals surface area contributed by atoms with E-state index in [0.29, 0.717) is 18.2 Å². The fourth-order valence-corrected chi connectivity index (χ4v) is 3.34. The number of nitrogens with one attached hydrogen (secondary N) is 1. The van der Waals surface area contributed by atoms with E-state index in [1.807, 2.05) is 0 Å². The number of morpholine rings is 1. The molecule has 0 amide bonds. The van der Waals surface area contributed by atoms with Gasteiger partial charge >= 0.3 is 0 Å². The summed E-state index contributed by atoms with van der Waals surface area (Å²) in [5.41, 5.74) is 0. The van der Waals surface area contributed by atoms with Crippen LogP contribution in [0.15, 0.2) is 0 Å². The molecule has 0 saturated carbocycles. The molecule has 0 aliphatic carbocycles. The minimum Gasteiger partial charge on any atom is -0.374 e. The topological polar surface area (TPSA) is 27.7 Å². The maximum absolute atomic E-state index is 5.94. The first-order valence-corrected chi connectivity index (χ1v) is 8.00. The summed E-state index contributed by atoms with van der Waals surface area (Å²) in [4.78, 5) is 5.06. The molecule has 0 radical (unpaired) electrons. The molecule has 3 atom stereocenters. The second kappa shape index (κ2) is 7.58. The van der Waals surface area contributed by atoms with Crippen LogP contribution >= 0.6 is 0 Å². The van der Waals surface area contributed by atoms with Crippen LogP contribution < -0.4 is 5.32 Å². The minimum atomic E-state index is 0.396. The van der Waals surface area contributed by atoms with Crippen molar-refractivity contribution in [2.45, 2.75) is 51.3 Å². The number of ether oxygens (including phenoxy) is 1. The van der Waals surface area contributed by atoms with E-state index < -0.39 is 0 Å². The maximum atomic E-state index is 5.94. The van der Waals surface area contributed by atoms with Gasteiger partial charge in [0, 0.05) is 44.8 Å². The zero-order valence-electron chi connectivity index (χ0n) is 12.9. The molecule has 0 spiro atoms. The summed E-state index contributed by atoms with van der Waals surface area (Å²) in [6.07, 6.45) is 4.19. The Labute approximate surface area is 118 Å². The molecule has 2 aliphatic rings. The van der Waals surface area contributed by atoms with E-state index >= 15 is 0 Å².